The van der Waals surface area contributed by atoms with Gasteiger partial charge in [-0.15, -0.1) is 0 Å². The van der Waals surface area contributed by atoms with Crippen LogP contribution in [-0.4, -0.2) is 50.6 Å². The van der Waals surface area contributed by atoms with Crippen LogP contribution in [0.15, 0.2) is 42.5 Å². The summed E-state index contributed by atoms with van der Waals surface area (Å²) in [6.07, 6.45) is -3.15. The summed E-state index contributed by atoms with van der Waals surface area (Å²) >= 11 is 12.5. The van der Waals surface area contributed by atoms with Gasteiger partial charge in [0.15, 0.2) is 5.69 Å². The Hall–Kier alpha value is -2.79. The first-order valence-electron chi connectivity index (χ1n) is 12.0. The topological polar surface area (TPSA) is 96.6 Å². The van der Waals surface area contributed by atoms with Crippen LogP contribution >= 0.6 is 23.2 Å². The van der Waals surface area contributed by atoms with Crippen molar-refractivity contribution in [2.75, 3.05) is 6.61 Å². The predicted octanol–water partition coefficient (Wildman–Crippen LogP) is 5.70. The van der Waals surface area contributed by atoms with Gasteiger partial charge < -0.3 is 20.3 Å². The van der Waals surface area contributed by atoms with Gasteiger partial charge in [-0.05, 0) is 55.3 Å². The zero-order valence-corrected chi connectivity index (χ0v) is 21.7. The van der Waals surface area contributed by atoms with Crippen molar-refractivity contribution >= 4 is 29.1 Å². The lowest BCUT2D eigenvalue weighted by Gasteiger charge is -2.28. The van der Waals surface area contributed by atoms with Crippen LogP contribution in [0, 0.1) is 0 Å². The number of carbonyl (C=O) groups excluding carboxylic acids is 1. The molecule has 204 valence electrons. The number of ether oxygens (including phenoxy) is 1. The molecule has 0 bridgehead atoms. The monoisotopic (exact) mass is 571 g/mol. The number of hydrogen-bond donors (Lipinski definition) is 3. The molecule has 1 aliphatic carbocycles. The van der Waals surface area contributed by atoms with E-state index in [2.05, 4.69) is 10.3 Å². The van der Waals surface area contributed by atoms with Gasteiger partial charge in [0.2, 0.25) is 0 Å². The number of amides is 1. The summed E-state index contributed by atoms with van der Waals surface area (Å²) in [6.45, 7) is -1.09. The normalized spacial score (nSPS) is 17.9. The second-order valence-corrected chi connectivity index (χ2v) is 9.83. The smallest absolute Gasteiger partial charge is 0.392 e. The first kappa shape index (κ1) is 28.2. The third kappa shape index (κ3) is 6.61. The van der Waals surface area contributed by atoms with Crippen molar-refractivity contribution in [2.24, 2.45) is 0 Å². The summed E-state index contributed by atoms with van der Waals surface area (Å²) in [7, 11) is 0. The third-order valence-electron chi connectivity index (χ3n) is 6.30. The molecule has 7 nitrogen and oxygen atoms in total. The van der Waals surface area contributed by atoms with Crippen molar-refractivity contribution in [1.82, 2.24) is 14.9 Å². The summed E-state index contributed by atoms with van der Waals surface area (Å²) in [5, 5.41) is 24.1. The highest BCUT2D eigenvalue weighted by Gasteiger charge is 2.30. The number of hydrogen-bond acceptors (Lipinski definition) is 5. The van der Waals surface area contributed by atoms with E-state index in [1.54, 1.807) is 28.8 Å². The number of aliphatic hydroxyl groups excluding tert-OH is 2. The molecule has 0 radical (unpaired) electrons. The molecule has 12 heteroatoms. The molecule has 38 heavy (non-hydrogen) atoms. The number of nitrogens with one attached hydrogen (secondary N) is 1. The zero-order chi connectivity index (χ0) is 27.4. The number of halogens is 5. The number of aromatic nitrogens is 2. The third-order valence-corrected chi connectivity index (χ3v) is 6.85. The first-order chi connectivity index (χ1) is 18.1. The molecule has 0 spiro atoms. The van der Waals surface area contributed by atoms with Gasteiger partial charge in [-0.3, -0.25) is 9.36 Å². The molecule has 1 amide bonds. The fourth-order valence-electron chi connectivity index (χ4n) is 4.40. The van der Waals surface area contributed by atoms with E-state index in [0.717, 1.165) is 12.8 Å². The van der Waals surface area contributed by atoms with Gasteiger partial charge in [0.25, 0.3) is 5.91 Å². The summed E-state index contributed by atoms with van der Waals surface area (Å²) < 4.78 is 44.1. The number of imidazole rings is 1. The lowest BCUT2D eigenvalue weighted by molar-refractivity contribution is -0.139. The molecule has 1 aliphatic rings. The van der Waals surface area contributed by atoms with Crippen molar-refractivity contribution in [1.29, 1.82) is 0 Å². The quantitative estimate of drug-likeness (QED) is 0.322. The Morgan fingerprint density at radius 1 is 1.13 bits per heavy atom. The van der Waals surface area contributed by atoms with E-state index in [4.69, 9.17) is 27.9 Å². The molecule has 0 aliphatic heterocycles. The molecular formula is C26H26Cl2F3N3O4. The molecule has 2 aromatic carbocycles. The van der Waals surface area contributed by atoms with Crippen LogP contribution in [-0.2, 0) is 6.61 Å². The minimum Gasteiger partial charge on any atom is -0.493 e. The van der Waals surface area contributed by atoms with Gasteiger partial charge >= 0.3 is 6.18 Å². The molecule has 3 N–H and O–H groups in total. The molecule has 1 heterocycles. The highest BCUT2D eigenvalue weighted by atomic mass is 35.5. The maximum Gasteiger partial charge on any atom is 0.392 e. The second kappa shape index (κ2) is 11.9. The van der Waals surface area contributed by atoms with Crippen LogP contribution in [0.2, 0.25) is 10.0 Å². The Morgan fingerprint density at radius 2 is 1.84 bits per heavy atom. The zero-order valence-electron chi connectivity index (χ0n) is 20.1. The summed E-state index contributed by atoms with van der Waals surface area (Å²) in [5.41, 5.74) is 1.02. The van der Waals surface area contributed by atoms with E-state index in [1.165, 1.54) is 18.2 Å². The van der Waals surface area contributed by atoms with Crippen molar-refractivity contribution in [3.63, 3.8) is 0 Å². The standard InChI is InChI=1S/C26H26Cl2F3N3O4/c27-15-5-10-18(19(28)13-15)24-33-23(25(37)32-20-3-1-2-4-22(20)36)21(14-35)34(24)16-6-8-17(9-7-16)38-12-11-26(29,30)31/h5-10,13,20,22,35-36H,1-4,11-12,14H2,(H,32,37). The van der Waals surface area contributed by atoms with Crippen molar-refractivity contribution in [2.45, 2.75) is 57.0 Å². The Morgan fingerprint density at radius 3 is 2.47 bits per heavy atom. The average Bonchev–Trinajstić information content (AvgIpc) is 3.24. The number of rotatable bonds is 8. The Bertz CT molecular complexity index is 1280. The van der Waals surface area contributed by atoms with E-state index < -0.39 is 43.9 Å². The van der Waals surface area contributed by atoms with Crippen LogP contribution in [0.4, 0.5) is 13.2 Å². The van der Waals surface area contributed by atoms with Gasteiger partial charge in [0.05, 0.1) is 42.5 Å². The minimum atomic E-state index is -4.33. The lowest BCUT2D eigenvalue weighted by atomic mass is 9.92. The van der Waals surface area contributed by atoms with Crippen molar-refractivity contribution in [3.05, 3.63) is 63.9 Å². The molecule has 2 unspecified atom stereocenters. The molecule has 1 fully saturated rings. The molecule has 0 saturated heterocycles. The van der Waals surface area contributed by atoms with E-state index in [-0.39, 0.29) is 28.0 Å². The molecule has 2 atom stereocenters. The Kier molecular flexibility index (Phi) is 8.87. The van der Waals surface area contributed by atoms with E-state index in [9.17, 15) is 28.2 Å². The molecular weight excluding hydrogens is 546 g/mol. The average molecular weight is 572 g/mol. The number of carbonyl (C=O) groups is 1. The van der Waals surface area contributed by atoms with Crippen LogP contribution in [0.3, 0.4) is 0 Å². The van der Waals surface area contributed by atoms with Crippen LogP contribution < -0.4 is 10.1 Å². The highest BCUT2D eigenvalue weighted by Crippen LogP contribution is 2.34. The van der Waals surface area contributed by atoms with Crippen LogP contribution in [0.5, 0.6) is 5.75 Å². The van der Waals surface area contributed by atoms with Crippen molar-refractivity contribution in [3.8, 4) is 22.8 Å². The van der Waals surface area contributed by atoms with Crippen molar-refractivity contribution < 1.29 is 32.9 Å². The van der Waals surface area contributed by atoms with Crippen LogP contribution in [0.1, 0.15) is 48.3 Å². The maximum absolute atomic E-state index is 13.3. The van der Waals surface area contributed by atoms with Gasteiger partial charge in [-0.2, -0.15) is 13.2 Å². The SMILES string of the molecule is O=C(NC1CCCCC1O)c1nc(-c2ccc(Cl)cc2Cl)n(-c2ccc(OCCC(F)(F)F)cc2)c1CO. The Labute approximate surface area is 227 Å². The van der Waals surface area contributed by atoms with Gasteiger partial charge in [0.1, 0.15) is 11.6 Å². The summed E-state index contributed by atoms with van der Waals surface area (Å²) in [4.78, 5) is 17.8. The number of benzene rings is 2. The van der Waals surface area contributed by atoms with E-state index in [0.29, 0.717) is 29.1 Å². The number of nitrogens with zero attached hydrogens (tertiary/aromatic N) is 2. The predicted molar refractivity (Wildman–Crippen MR) is 137 cm³/mol. The summed E-state index contributed by atoms with van der Waals surface area (Å²) in [5.74, 6) is -0.0908. The number of alkyl halides is 3. The van der Waals surface area contributed by atoms with Gasteiger partial charge in [-0.25, -0.2) is 4.98 Å². The molecule has 1 aromatic heterocycles. The first-order valence-corrected chi connectivity index (χ1v) is 12.8. The fraction of sp³-hybridized carbons (Fsp3) is 0.385. The summed E-state index contributed by atoms with van der Waals surface area (Å²) in [6, 6.07) is 10.4. The molecule has 1 saturated carbocycles. The minimum absolute atomic E-state index is 0.0446. The maximum atomic E-state index is 13.3. The van der Waals surface area contributed by atoms with E-state index in [1.807, 2.05) is 0 Å². The number of aliphatic hydroxyl groups is 2. The second-order valence-electron chi connectivity index (χ2n) is 8.99. The largest absolute Gasteiger partial charge is 0.493 e. The van der Waals surface area contributed by atoms with Gasteiger partial charge in [0, 0.05) is 16.3 Å². The Balaban J connectivity index is 1.72. The molecule has 3 aromatic rings. The lowest BCUT2D eigenvalue weighted by Crippen LogP contribution is -2.45. The molecule has 4 rings (SSSR count). The fourth-order valence-corrected chi connectivity index (χ4v) is 4.90. The van der Waals surface area contributed by atoms with E-state index >= 15 is 0 Å². The highest BCUT2D eigenvalue weighted by molar-refractivity contribution is 6.36. The van der Waals surface area contributed by atoms with Crippen LogP contribution in [0.25, 0.3) is 17.1 Å². The van der Waals surface area contributed by atoms with Gasteiger partial charge in [-0.1, -0.05) is 36.0 Å².